The third kappa shape index (κ3) is 1.17. The maximum Gasteiger partial charge on any atom is 0.179 e. The Morgan fingerprint density at radius 2 is 2.13 bits per heavy atom. The zero-order valence-electron chi connectivity index (χ0n) is 7.73. The van der Waals surface area contributed by atoms with E-state index in [0.717, 1.165) is 22.9 Å². The Labute approximate surface area is 99.0 Å². The summed E-state index contributed by atoms with van der Waals surface area (Å²) >= 11 is 1.96. The summed E-state index contributed by atoms with van der Waals surface area (Å²) in [5.74, 6) is -0.104. The first-order valence-electron chi connectivity index (χ1n) is 4.70. The average molecular weight is 315 g/mol. The van der Waals surface area contributed by atoms with Crippen molar-refractivity contribution in [2.45, 2.75) is 12.8 Å². The Kier molecular flexibility index (Phi) is 1.89. The van der Waals surface area contributed by atoms with Crippen molar-refractivity contribution in [1.82, 2.24) is 4.98 Å². The molecule has 76 valence electrons. The van der Waals surface area contributed by atoms with Crippen LogP contribution in [0.1, 0.15) is 22.5 Å². The highest BCUT2D eigenvalue weighted by atomic mass is 127. The van der Waals surface area contributed by atoms with E-state index in [9.17, 15) is 9.18 Å². The van der Waals surface area contributed by atoms with E-state index in [1.807, 2.05) is 22.6 Å². The molecule has 0 aliphatic heterocycles. The zero-order chi connectivity index (χ0) is 10.6. The van der Waals surface area contributed by atoms with Gasteiger partial charge >= 0.3 is 0 Å². The number of halogens is 2. The number of aromatic nitrogens is 1. The molecule has 2 aromatic rings. The van der Waals surface area contributed by atoms with Gasteiger partial charge in [-0.2, -0.15) is 0 Å². The number of nitrogens with one attached hydrogen (secondary N) is 1. The molecule has 0 spiro atoms. The van der Waals surface area contributed by atoms with E-state index in [0.29, 0.717) is 15.7 Å². The largest absolute Gasteiger partial charge is 0.351 e. The molecule has 1 aliphatic rings. The molecule has 0 unspecified atom stereocenters. The Bertz CT molecular complexity index is 588. The second-order valence-corrected chi connectivity index (χ2v) is 4.76. The van der Waals surface area contributed by atoms with E-state index in [-0.39, 0.29) is 11.6 Å². The van der Waals surface area contributed by atoms with Gasteiger partial charge in [0.25, 0.3) is 0 Å². The average Bonchev–Trinajstić information content (AvgIpc) is 2.74. The van der Waals surface area contributed by atoms with Crippen LogP contribution >= 0.6 is 22.6 Å². The van der Waals surface area contributed by atoms with Crippen molar-refractivity contribution in [3.8, 4) is 0 Å². The van der Waals surface area contributed by atoms with E-state index >= 15 is 0 Å². The molecule has 0 radical (unpaired) electrons. The van der Waals surface area contributed by atoms with Crippen LogP contribution in [0.2, 0.25) is 0 Å². The summed E-state index contributed by atoms with van der Waals surface area (Å²) in [7, 11) is 0. The monoisotopic (exact) mass is 315 g/mol. The van der Waals surface area contributed by atoms with Gasteiger partial charge in [-0.1, -0.05) is 0 Å². The van der Waals surface area contributed by atoms with Gasteiger partial charge in [-0.25, -0.2) is 4.39 Å². The first-order valence-corrected chi connectivity index (χ1v) is 5.78. The number of aryl methyl sites for hydroxylation is 1. The molecule has 1 aliphatic carbocycles. The first-order chi connectivity index (χ1) is 7.18. The summed E-state index contributed by atoms with van der Waals surface area (Å²) < 4.78 is 13.9. The van der Waals surface area contributed by atoms with Crippen molar-refractivity contribution in [1.29, 1.82) is 0 Å². The first kappa shape index (κ1) is 9.33. The molecule has 0 bridgehead atoms. The summed E-state index contributed by atoms with van der Waals surface area (Å²) in [6, 6.07) is 3.21. The molecule has 1 heterocycles. The Morgan fingerprint density at radius 1 is 1.33 bits per heavy atom. The number of carbonyl (C=O) groups is 1. The van der Waals surface area contributed by atoms with Crippen LogP contribution < -0.4 is 0 Å². The van der Waals surface area contributed by atoms with Crippen molar-refractivity contribution in [3.63, 3.8) is 0 Å². The Balaban J connectivity index is 2.44. The highest BCUT2D eigenvalue weighted by Gasteiger charge is 2.25. The fourth-order valence-corrected chi connectivity index (χ4v) is 2.73. The van der Waals surface area contributed by atoms with E-state index in [2.05, 4.69) is 4.98 Å². The lowest BCUT2D eigenvalue weighted by molar-refractivity contribution is 0.0990. The van der Waals surface area contributed by atoms with Gasteiger partial charge in [-0.3, -0.25) is 4.79 Å². The molecule has 0 saturated heterocycles. The predicted octanol–water partition coefficient (Wildman–Crippen LogP) is 3.04. The molecule has 1 aromatic carbocycles. The topological polar surface area (TPSA) is 32.9 Å². The quantitative estimate of drug-likeness (QED) is 0.745. The van der Waals surface area contributed by atoms with Crippen LogP contribution in [0.5, 0.6) is 0 Å². The van der Waals surface area contributed by atoms with Gasteiger partial charge in [0, 0.05) is 11.8 Å². The third-order valence-corrected chi connectivity index (χ3v) is 3.91. The molecule has 1 aromatic heterocycles. The molecule has 0 atom stereocenters. The molecule has 4 heteroatoms. The smallest absolute Gasteiger partial charge is 0.179 e. The molecule has 3 rings (SSSR count). The summed E-state index contributed by atoms with van der Waals surface area (Å²) in [6.07, 6.45) is 1.35. The fourth-order valence-electron chi connectivity index (χ4n) is 2.12. The van der Waals surface area contributed by atoms with Crippen molar-refractivity contribution in [2.75, 3.05) is 0 Å². The number of aromatic amines is 1. The normalized spacial score (nSPS) is 14.9. The number of ketones is 1. The number of fused-ring (bicyclic) bond motifs is 3. The maximum atomic E-state index is 13.3. The third-order valence-electron chi connectivity index (χ3n) is 2.85. The number of hydrogen-bond donors (Lipinski definition) is 1. The number of benzene rings is 1. The lowest BCUT2D eigenvalue weighted by Gasteiger charge is -1.97. The second kappa shape index (κ2) is 3.04. The second-order valence-electron chi connectivity index (χ2n) is 3.69. The van der Waals surface area contributed by atoms with Gasteiger partial charge in [-0.15, -0.1) is 0 Å². The maximum absolute atomic E-state index is 13.3. The van der Waals surface area contributed by atoms with Gasteiger partial charge in [0.2, 0.25) is 0 Å². The molecule has 0 amide bonds. The number of carbonyl (C=O) groups excluding carboxylic acids is 1. The SMILES string of the molecule is O=C1CCc2c1[nH]c1c(I)c(F)ccc21. The minimum absolute atomic E-state index is 0.136. The summed E-state index contributed by atoms with van der Waals surface area (Å²) in [5, 5.41) is 0.988. The molecular formula is C11H7FINO. The minimum atomic E-state index is -0.240. The van der Waals surface area contributed by atoms with Crippen molar-refractivity contribution < 1.29 is 9.18 Å². The minimum Gasteiger partial charge on any atom is -0.351 e. The van der Waals surface area contributed by atoms with E-state index in [4.69, 9.17) is 0 Å². The van der Waals surface area contributed by atoms with Crippen molar-refractivity contribution >= 4 is 39.3 Å². The molecule has 0 saturated carbocycles. The highest BCUT2D eigenvalue weighted by Crippen LogP contribution is 2.32. The van der Waals surface area contributed by atoms with Crippen LogP contribution in [0.4, 0.5) is 4.39 Å². The molecular weight excluding hydrogens is 308 g/mol. The van der Waals surface area contributed by atoms with Crippen molar-refractivity contribution in [3.05, 3.63) is 32.8 Å². The van der Waals surface area contributed by atoms with E-state index < -0.39 is 0 Å². The fraction of sp³-hybridized carbons (Fsp3) is 0.182. The number of rotatable bonds is 0. The zero-order valence-corrected chi connectivity index (χ0v) is 9.89. The summed E-state index contributed by atoms with van der Waals surface area (Å²) in [5.41, 5.74) is 2.48. The van der Waals surface area contributed by atoms with Crippen LogP contribution in [0.25, 0.3) is 10.9 Å². The van der Waals surface area contributed by atoms with Crippen LogP contribution in [0, 0.1) is 9.39 Å². The van der Waals surface area contributed by atoms with Crippen LogP contribution in [-0.2, 0) is 6.42 Å². The summed E-state index contributed by atoms with van der Waals surface area (Å²) in [4.78, 5) is 14.5. The van der Waals surface area contributed by atoms with Gasteiger partial charge in [0.15, 0.2) is 5.78 Å². The molecule has 15 heavy (non-hydrogen) atoms. The summed E-state index contributed by atoms with van der Waals surface area (Å²) in [6.45, 7) is 0. The van der Waals surface area contributed by atoms with E-state index in [1.54, 1.807) is 6.07 Å². The number of Topliss-reactive ketones (excluding diaryl/α,β-unsaturated/α-hetero) is 1. The van der Waals surface area contributed by atoms with Crippen molar-refractivity contribution in [2.24, 2.45) is 0 Å². The number of hydrogen-bond acceptors (Lipinski definition) is 1. The van der Waals surface area contributed by atoms with Gasteiger partial charge in [0.1, 0.15) is 5.82 Å². The highest BCUT2D eigenvalue weighted by molar-refractivity contribution is 14.1. The predicted molar refractivity (Wildman–Crippen MR) is 63.6 cm³/mol. The van der Waals surface area contributed by atoms with Crippen LogP contribution in [-0.4, -0.2) is 10.8 Å². The van der Waals surface area contributed by atoms with Crippen LogP contribution in [0.15, 0.2) is 12.1 Å². The molecule has 0 fully saturated rings. The Hall–Kier alpha value is -0.910. The lowest BCUT2D eigenvalue weighted by Crippen LogP contribution is -1.92. The molecule has 1 N–H and O–H groups in total. The molecule has 2 nitrogen and oxygen atoms in total. The van der Waals surface area contributed by atoms with Crippen LogP contribution in [0.3, 0.4) is 0 Å². The Morgan fingerprint density at radius 3 is 2.93 bits per heavy atom. The van der Waals surface area contributed by atoms with E-state index in [1.165, 1.54) is 6.07 Å². The lowest BCUT2D eigenvalue weighted by atomic mass is 10.1. The standard InChI is InChI=1S/C11H7FINO/c12-7-3-1-6-5-2-4-8(15)10(5)14-11(6)9(7)13/h1,3,14H,2,4H2. The van der Waals surface area contributed by atoms with Gasteiger partial charge in [-0.05, 0) is 46.7 Å². The van der Waals surface area contributed by atoms with Gasteiger partial charge in [0.05, 0.1) is 14.8 Å². The van der Waals surface area contributed by atoms with Gasteiger partial charge < -0.3 is 4.98 Å². The number of H-pyrrole nitrogens is 1.